The standard InChI is InChI=1S/C30H46N6O6/c1-7-13-36(30(42)23-11-9-8-10-12-23)22(5)28(40)32-21(4)27(39)33-24(18-20(2)3)26(38)29(41)31-19-25(37)35-16-14-34(6)15-17-35/h8-12,20-22,24H,7,13-19H2,1-6H3,(H,31,41)(H,32,40)(H,33,39)/t21-,22-,24?/m0/s1. The van der Waals surface area contributed by atoms with E-state index in [2.05, 4.69) is 20.9 Å². The van der Waals surface area contributed by atoms with Crippen LogP contribution in [0.2, 0.25) is 0 Å². The maximum absolute atomic E-state index is 13.1. The summed E-state index contributed by atoms with van der Waals surface area (Å²) in [5.41, 5.74) is 0.454. The first-order valence-corrected chi connectivity index (χ1v) is 14.6. The average Bonchev–Trinajstić information content (AvgIpc) is 2.97. The number of amides is 5. The van der Waals surface area contributed by atoms with E-state index in [0.717, 1.165) is 13.1 Å². The highest BCUT2D eigenvalue weighted by molar-refractivity contribution is 6.38. The molecule has 42 heavy (non-hydrogen) atoms. The molecule has 12 heteroatoms. The predicted molar refractivity (Wildman–Crippen MR) is 158 cm³/mol. The molecule has 1 aromatic rings. The van der Waals surface area contributed by atoms with E-state index in [1.165, 1.54) is 11.8 Å². The zero-order valence-electron chi connectivity index (χ0n) is 25.6. The van der Waals surface area contributed by atoms with E-state index in [1.807, 2.05) is 27.8 Å². The zero-order valence-corrected chi connectivity index (χ0v) is 25.6. The van der Waals surface area contributed by atoms with E-state index < -0.39 is 41.6 Å². The smallest absolute Gasteiger partial charge is 0.290 e. The lowest BCUT2D eigenvalue weighted by molar-refractivity contribution is -0.142. The number of carbonyl (C=O) groups excluding carboxylic acids is 6. The van der Waals surface area contributed by atoms with Gasteiger partial charge < -0.3 is 30.7 Å². The van der Waals surface area contributed by atoms with Gasteiger partial charge in [0.2, 0.25) is 23.5 Å². The Labute approximate surface area is 248 Å². The number of carbonyl (C=O) groups is 6. The van der Waals surface area contributed by atoms with Crippen molar-refractivity contribution in [1.29, 1.82) is 0 Å². The summed E-state index contributed by atoms with van der Waals surface area (Å²) in [6.45, 7) is 11.2. The van der Waals surface area contributed by atoms with Crippen molar-refractivity contribution in [2.24, 2.45) is 5.92 Å². The average molecular weight is 587 g/mol. The number of nitrogens with zero attached hydrogens (tertiary/aromatic N) is 3. The van der Waals surface area contributed by atoms with Crippen molar-refractivity contribution < 1.29 is 28.8 Å². The van der Waals surface area contributed by atoms with Crippen LogP contribution in [0.1, 0.15) is 57.8 Å². The molecule has 0 aromatic heterocycles. The fourth-order valence-electron chi connectivity index (χ4n) is 4.57. The largest absolute Gasteiger partial charge is 0.344 e. The normalized spacial score (nSPS) is 15.7. The molecular weight excluding hydrogens is 540 g/mol. The molecule has 0 spiro atoms. The van der Waals surface area contributed by atoms with Gasteiger partial charge in [-0.15, -0.1) is 0 Å². The third-order valence-corrected chi connectivity index (χ3v) is 7.17. The highest BCUT2D eigenvalue weighted by atomic mass is 16.2. The van der Waals surface area contributed by atoms with Gasteiger partial charge in [0.1, 0.15) is 12.1 Å². The molecule has 12 nitrogen and oxygen atoms in total. The van der Waals surface area contributed by atoms with Gasteiger partial charge in [0.15, 0.2) is 0 Å². The van der Waals surface area contributed by atoms with Crippen LogP contribution in [0.25, 0.3) is 0 Å². The molecule has 0 aliphatic carbocycles. The van der Waals surface area contributed by atoms with E-state index >= 15 is 0 Å². The summed E-state index contributed by atoms with van der Waals surface area (Å²) in [6.07, 6.45) is 0.825. The van der Waals surface area contributed by atoms with Crippen molar-refractivity contribution in [3.8, 4) is 0 Å². The summed E-state index contributed by atoms with van der Waals surface area (Å²) in [7, 11) is 1.96. The van der Waals surface area contributed by atoms with Crippen LogP contribution < -0.4 is 16.0 Å². The number of benzene rings is 1. The summed E-state index contributed by atoms with van der Waals surface area (Å²) < 4.78 is 0. The van der Waals surface area contributed by atoms with Crippen LogP contribution in [0.3, 0.4) is 0 Å². The van der Waals surface area contributed by atoms with Crippen LogP contribution in [0.4, 0.5) is 0 Å². The molecular formula is C30H46N6O6. The van der Waals surface area contributed by atoms with Gasteiger partial charge in [-0.05, 0) is 51.8 Å². The zero-order chi connectivity index (χ0) is 31.4. The van der Waals surface area contributed by atoms with Crippen LogP contribution in [-0.2, 0) is 24.0 Å². The van der Waals surface area contributed by atoms with Crippen LogP contribution in [0.15, 0.2) is 30.3 Å². The van der Waals surface area contributed by atoms with Crippen LogP contribution >= 0.6 is 0 Å². The molecule has 1 saturated heterocycles. The second-order valence-electron chi connectivity index (χ2n) is 11.2. The summed E-state index contributed by atoms with van der Waals surface area (Å²) in [4.78, 5) is 82.4. The number of Topliss-reactive ketones (excluding diaryl/α,β-unsaturated/α-hetero) is 1. The Morgan fingerprint density at radius 3 is 2.07 bits per heavy atom. The summed E-state index contributed by atoms with van der Waals surface area (Å²) in [5, 5.41) is 7.60. The molecule has 5 amide bonds. The summed E-state index contributed by atoms with van der Waals surface area (Å²) >= 11 is 0. The number of hydrogen-bond acceptors (Lipinski definition) is 7. The Morgan fingerprint density at radius 2 is 1.50 bits per heavy atom. The first-order chi connectivity index (χ1) is 19.8. The number of nitrogens with one attached hydrogen (secondary N) is 3. The number of likely N-dealkylation sites (N-methyl/N-ethyl adjacent to an activating group) is 1. The van der Waals surface area contributed by atoms with E-state index in [0.29, 0.717) is 31.6 Å². The highest BCUT2D eigenvalue weighted by Gasteiger charge is 2.32. The number of ketones is 1. The minimum absolute atomic E-state index is 0.0319. The van der Waals surface area contributed by atoms with E-state index in [1.54, 1.807) is 42.2 Å². The maximum Gasteiger partial charge on any atom is 0.290 e. The van der Waals surface area contributed by atoms with Crippen molar-refractivity contribution in [3.63, 3.8) is 0 Å². The minimum Gasteiger partial charge on any atom is -0.344 e. The van der Waals surface area contributed by atoms with E-state index in [9.17, 15) is 28.8 Å². The Balaban J connectivity index is 1.98. The monoisotopic (exact) mass is 586 g/mol. The predicted octanol–water partition coefficient (Wildman–Crippen LogP) is 0.422. The summed E-state index contributed by atoms with van der Waals surface area (Å²) in [5.74, 6) is -3.59. The molecule has 0 bridgehead atoms. The Kier molecular flexibility index (Phi) is 13.6. The SMILES string of the molecule is CCCN(C(=O)c1ccccc1)[C@@H](C)C(=O)N[C@@H](C)C(=O)NC(CC(C)C)C(=O)C(=O)NCC(=O)N1CCN(C)CC1. The van der Waals surface area contributed by atoms with Crippen molar-refractivity contribution in [1.82, 2.24) is 30.7 Å². The van der Waals surface area contributed by atoms with Crippen molar-refractivity contribution >= 4 is 35.3 Å². The fraction of sp³-hybridized carbons (Fsp3) is 0.600. The molecule has 1 aliphatic rings. The highest BCUT2D eigenvalue weighted by Crippen LogP contribution is 2.11. The van der Waals surface area contributed by atoms with Gasteiger partial charge in [0, 0.05) is 38.3 Å². The van der Waals surface area contributed by atoms with Gasteiger partial charge in [-0.2, -0.15) is 0 Å². The molecule has 0 radical (unpaired) electrons. The lowest BCUT2D eigenvalue weighted by Gasteiger charge is -2.32. The first-order valence-electron chi connectivity index (χ1n) is 14.6. The third-order valence-electron chi connectivity index (χ3n) is 7.17. The van der Waals surface area contributed by atoms with Crippen LogP contribution in [0.5, 0.6) is 0 Å². The molecule has 1 unspecified atom stereocenters. The first kappa shape index (κ1) is 34.4. The van der Waals surface area contributed by atoms with Gasteiger partial charge in [-0.3, -0.25) is 28.8 Å². The lowest BCUT2D eigenvalue weighted by atomic mass is 9.99. The quantitative estimate of drug-likeness (QED) is 0.268. The molecule has 1 heterocycles. The van der Waals surface area contributed by atoms with Gasteiger partial charge in [-0.1, -0.05) is 39.0 Å². The van der Waals surface area contributed by atoms with Crippen LogP contribution in [-0.4, -0.2) is 114 Å². The van der Waals surface area contributed by atoms with Crippen molar-refractivity contribution in [2.45, 2.75) is 65.6 Å². The van der Waals surface area contributed by atoms with Crippen LogP contribution in [0, 0.1) is 5.92 Å². The molecule has 2 rings (SSSR count). The lowest BCUT2D eigenvalue weighted by Crippen LogP contribution is -2.56. The number of rotatable bonds is 14. The Morgan fingerprint density at radius 1 is 0.881 bits per heavy atom. The maximum atomic E-state index is 13.1. The Bertz CT molecular complexity index is 1100. The number of hydrogen-bond donors (Lipinski definition) is 3. The van der Waals surface area contributed by atoms with Gasteiger partial charge >= 0.3 is 0 Å². The summed E-state index contributed by atoms with van der Waals surface area (Å²) in [6, 6.07) is 5.61. The molecule has 1 aromatic carbocycles. The topological polar surface area (TPSA) is 148 Å². The minimum atomic E-state index is -1.13. The van der Waals surface area contributed by atoms with Gasteiger partial charge in [0.05, 0.1) is 12.6 Å². The Hall–Kier alpha value is -3.80. The molecule has 1 aliphatic heterocycles. The number of piperazine rings is 1. The molecule has 0 saturated carbocycles. The second-order valence-corrected chi connectivity index (χ2v) is 11.2. The molecule has 1 fully saturated rings. The molecule has 232 valence electrons. The van der Waals surface area contributed by atoms with E-state index in [4.69, 9.17) is 0 Å². The van der Waals surface area contributed by atoms with E-state index in [-0.39, 0.29) is 30.7 Å². The molecule has 3 N–H and O–H groups in total. The fourth-order valence-corrected chi connectivity index (χ4v) is 4.57. The van der Waals surface area contributed by atoms with Gasteiger partial charge in [-0.25, -0.2) is 0 Å². The van der Waals surface area contributed by atoms with Crippen molar-refractivity contribution in [2.75, 3.05) is 46.3 Å². The van der Waals surface area contributed by atoms with Crippen molar-refractivity contribution in [3.05, 3.63) is 35.9 Å². The molecule has 3 atom stereocenters. The second kappa shape index (κ2) is 16.6. The van der Waals surface area contributed by atoms with Gasteiger partial charge in [0.25, 0.3) is 11.8 Å². The third kappa shape index (κ3) is 10.2.